The maximum Gasteiger partial charge on any atom is 0.232 e. The number of likely N-dealkylation sites (N-methyl/N-ethyl adjacent to an activating group) is 1. The van der Waals surface area contributed by atoms with E-state index in [2.05, 4.69) is 29.2 Å². The Morgan fingerprint density at radius 2 is 2.00 bits per heavy atom. The van der Waals surface area contributed by atoms with E-state index >= 15 is 0 Å². The summed E-state index contributed by atoms with van der Waals surface area (Å²) in [6, 6.07) is 16.4. The summed E-state index contributed by atoms with van der Waals surface area (Å²) in [4.78, 5) is 18.8. The van der Waals surface area contributed by atoms with Crippen molar-refractivity contribution in [2.45, 2.75) is 23.5 Å². The van der Waals surface area contributed by atoms with Gasteiger partial charge in [-0.3, -0.25) is 4.79 Å². The Hall–Kier alpha value is -1.89. The highest BCUT2D eigenvalue weighted by atomic mass is 32.2. The molecule has 4 rings (SSSR count). The van der Waals surface area contributed by atoms with Crippen LogP contribution in [0.2, 0.25) is 0 Å². The van der Waals surface area contributed by atoms with Gasteiger partial charge < -0.3 is 9.64 Å². The van der Waals surface area contributed by atoms with Gasteiger partial charge in [0.15, 0.2) is 4.34 Å². The van der Waals surface area contributed by atoms with Gasteiger partial charge in [0.05, 0.1) is 28.7 Å². The van der Waals surface area contributed by atoms with Crippen LogP contribution in [0.3, 0.4) is 0 Å². The molecule has 1 aliphatic rings. The first kappa shape index (κ1) is 17.5. The number of rotatable bonds is 5. The number of hydrogen-bond donors (Lipinski definition) is 0. The first-order chi connectivity index (χ1) is 12.7. The SMILES string of the molecule is CN(CC1Cc2ccccc2CO1)C(=O)CSc1nc2ccccc2s1. The first-order valence-electron chi connectivity index (χ1n) is 8.60. The minimum absolute atomic E-state index is 0.0614. The molecule has 6 heteroatoms. The molecule has 0 saturated heterocycles. The number of thioether (sulfide) groups is 1. The van der Waals surface area contributed by atoms with Gasteiger partial charge in [0.1, 0.15) is 0 Å². The topological polar surface area (TPSA) is 42.4 Å². The molecule has 1 atom stereocenters. The number of carbonyl (C=O) groups is 1. The molecule has 3 aromatic rings. The second kappa shape index (κ2) is 7.78. The number of ether oxygens (including phenoxy) is 1. The molecule has 2 heterocycles. The lowest BCUT2D eigenvalue weighted by Gasteiger charge is -2.29. The number of carbonyl (C=O) groups excluding carboxylic acids is 1. The van der Waals surface area contributed by atoms with Crippen LogP contribution in [0.1, 0.15) is 11.1 Å². The molecule has 2 aromatic carbocycles. The Morgan fingerprint density at radius 3 is 2.85 bits per heavy atom. The van der Waals surface area contributed by atoms with Gasteiger partial charge in [-0.05, 0) is 23.3 Å². The number of para-hydroxylation sites is 1. The van der Waals surface area contributed by atoms with Crippen molar-refractivity contribution in [3.63, 3.8) is 0 Å². The molecule has 0 bridgehead atoms. The molecule has 1 aromatic heterocycles. The highest BCUT2D eigenvalue weighted by Crippen LogP contribution is 2.29. The molecular weight excluding hydrogens is 364 g/mol. The zero-order valence-electron chi connectivity index (χ0n) is 14.6. The largest absolute Gasteiger partial charge is 0.371 e. The number of fused-ring (bicyclic) bond motifs is 2. The molecule has 1 aliphatic heterocycles. The molecule has 0 saturated carbocycles. The first-order valence-corrected chi connectivity index (χ1v) is 10.4. The quantitative estimate of drug-likeness (QED) is 0.624. The van der Waals surface area contributed by atoms with Gasteiger partial charge in [0.25, 0.3) is 0 Å². The molecule has 1 unspecified atom stereocenters. The lowest BCUT2D eigenvalue weighted by atomic mass is 9.99. The highest BCUT2D eigenvalue weighted by molar-refractivity contribution is 8.01. The zero-order chi connectivity index (χ0) is 17.9. The number of thiazole rings is 1. The predicted octanol–water partition coefficient (Wildman–Crippen LogP) is 3.99. The van der Waals surface area contributed by atoms with Gasteiger partial charge in [0.2, 0.25) is 5.91 Å². The minimum Gasteiger partial charge on any atom is -0.371 e. The van der Waals surface area contributed by atoms with Crippen LogP contribution in [0, 0.1) is 0 Å². The number of hydrogen-bond acceptors (Lipinski definition) is 5. The third-order valence-electron chi connectivity index (χ3n) is 4.54. The van der Waals surface area contributed by atoms with Crippen LogP contribution in [0.15, 0.2) is 52.9 Å². The lowest BCUT2D eigenvalue weighted by molar-refractivity contribution is -0.129. The van der Waals surface area contributed by atoms with E-state index in [-0.39, 0.29) is 12.0 Å². The summed E-state index contributed by atoms with van der Waals surface area (Å²) in [7, 11) is 1.85. The molecule has 0 N–H and O–H groups in total. The Morgan fingerprint density at radius 1 is 1.23 bits per heavy atom. The van der Waals surface area contributed by atoms with E-state index in [0.29, 0.717) is 18.9 Å². The van der Waals surface area contributed by atoms with E-state index < -0.39 is 0 Å². The van der Waals surface area contributed by atoms with Crippen LogP contribution >= 0.6 is 23.1 Å². The second-order valence-electron chi connectivity index (χ2n) is 6.42. The van der Waals surface area contributed by atoms with Crippen LogP contribution in [0.4, 0.5) is 0 Å². The lowest BCUT2D eigenvalue weighted by Crippen LogP contribution is -2.39. The van der Waals surface area contributed by atoms with Gasteiger partial charge in [-0.25, -0.2) is 4.98 Å². The fourth-order valence-corrected chi connectivity index (χ4v) is 5.09. The predicted molar refractivity (Wildman–Crippen MR) is 107 cm³/mol. The molecule has 0 radical (unpaired) electrons. The van der Waals surface area contributed by atoms with Gasteiger partial charge in [-0.2, -0.15) is 0 Å². The van der Waals surface area contributed by atoms with Crippen LogP contribution in [0.25, 0.3) is 10.2 Å². The number of amides is 1. The van der Waals surface area contributed by atoms with E-state index in [9.17, 15) is 4.79 Å². The fraction of sp³-hybridized carbons (Fsp3) is 0.300. The third-order valence-corrected chi connectivity index (χ3v) is 6.70. The minimum atomic E-state index is 0.0614. The van der Waals surface area contributed by atoms with Crippen LogP contribution in [-0.4, -0.2) is 41.2 Å². The molecule has 0 fully saturated rings. The molecule has 4 nitrogen and oxygen atoms in total. The molecule has 134 valence electrons. The van der Waals surface area contributed by atoms with Crippen molar-refractivity contribution in [2.75, 3.05) is 19.3 Å². The summed E-state index contributed by atoms with van der Waals surface area (Å²) >= 11 is 3.14. The standard InChI is InChI=1S/C20H20N2O2S2/c1-22(11-16-10-14-6-2-3-7-15(14)12-24-16)19(23)13-25-20-21-17-8-4-5-9-18(17)26-20/h2-9,16H,10-13H2,1H3. The molecule has 26 heavy (non-hydrogen) atoms. The monoisotopic (exact) mass is 384 g/mol. The Labute approximate surface area is 161 Å². The average Bonchev–Trinajstić information content (AvgIpc) is 3.09. The van der Waals surface area contributed by atoms with Crippen molar-refractivity contribution in [3.05, 3.63) is 59.7 Å². The number of benzene rings is 2. The summed E-state index contributed by atoms with van der Waals surface area (Å²) in [6.45, 7) is 1.25. The molecular formula is C20H20N2O2S2. The molecule has 0 aliphatic carbocycles. The van der Waals surface area contributed by atoms with Crippen LogP contribution in [-0.2, 0) is 22.6 Å². The Kier molecular flexibility index (Phi) is 5.24. The van der Waals surface area contributed by atoms with Crippen molar-refractivity contribution in [1.29, 1.82) is 0 Å². The van der Waals surface area contributed by atoms with Gasteiger partial charge in [-0.15, -0.1) is 11.3 Å². The van der Waals surface area contributed by atoms with Gasteiger partial charge >= 0.3 is 0 Å². The Bertz CT molecular complexity index is 892. The summed E-state index contributed by atoms with van der Waals surface area (Å²) in [5.74, 6) is 0.510. The Balaban J connectivity index is 1.30. The third kappa shape index (κ3) is 3.92. The van der Waals surface area contributed by atoms with Crippen LogP contribution < -0.4 is 0 Å². The van der Waals surface area contributed by atoms with Crippen LogP contribution in [0.5, 0.6) is 0 Å². The van der Waals surface area contributed by atoms with Crippen molar-refractivity contribution in [3.8, 4) is 0 Å². The summed E-state index contributed by atoms with van der Waals surface area (Å²) in [5.41, 5.74) is 3.58. The summed E-state index contributed by atoms with van der Waals surface area (Å²) < 4.78 is 8.01. The summed E-state index contributed by atoms with van der Waals surface area (Å²) in [6.07, 6.45) is 0.921. The molecule has 0 spiro atoms. The van der Waals surface area contributed by atoms with Crippen molar-refractivity contribution < 1.29 is 9.53 Å². The van der Waals surface area contributed by atoms with E-state index in [0.717, 1.165) is 21.0 Å². The average molecular weight is 385 g/mol. The highest BCUT2D eigenvalue weighted by Gasteiger charge is 2.22. The normalized spacial score (nSPS) is 16.4. The molecule has 1 amide bonds. The van der Waals surface area contributed by atoms with Gasteiger partial charge in [0, 0.05) is 20.0 Å². The van der Waals surface area contributed by atoms with E-state index in [4.69, 9.17) is 4.74 Å². The van der Waals surface area contributed by atoms with E-state index in [1.165, 1.54) is 22.9 Å². The van der Waals surface area contributed by atoms with E-state index in [1.807, 2.05) is 31.3 Å². The van der Waals surface area contributed by atoms with E-state index in [1.54, 1.807) is 16.2 Å². The van der Waals surface area contributed by atoms with Crippen molar-refractivity contribution in [1.82, 2.24) is 9.88 Å². The van der Waals surface area contributed by atoms with Crippen molar-refractivity contribution in [2.24, 2.45) is 0 Å². The van der Waals surface area contributed by atoms with Crippen molar-refractivity contribution >= 4 is 39.2 Å². The maximum atomic E-state index is 12.5. The summed E-state index contributed by atoms with van der Waals surface area (Å²) in [5, 5.41) is 0. The van der Waals surface area contributed by atoms with Gasteiger partial charge in [-0.1, -0.05) is 48.2 Å². The maximum absolute atomic E-state index is 12.5. The second-order valence-corrected chi connectivity index (χ2v) is 8.67. The number of nitrogens with zero attached hydrogens (tertiary/aromatic N) is 2. The fourth-order valence-electron chi connectivity index (χ4n) is 3.08. The smallest absolute Gasteiger partial charge is 0.232 e. The number of aromatic nitrogens is 1. The zero-order valence-corrected chi connectivity index (χ0v) is 16.2.